The van der Waals surface area contributed by atoms with Gasteiger partial charge in [-0.15, -0.1) is 0 Å². The summed E-state index contributed by atoms with van der Waals surface area (Å²) in [5.74, 6) is -1.44. The van der Waals surface area contributed by atoms with Gasteiger partial charge in [0, 0.05) is 17.3 Å². The minimum Gasteiger partial charge on any atom is -0.439 e. The number of hydrogen-bond acceptors (Lipinski definition) is 5. The number of amides is 1. The molecule has 0 bridgehead atoms. The van der Waals surface area contributed by atoms with Gasteiger partial charge in [0.25, 0.3) is 5.91 Å². The quantitative estimate of drug-likeness (QED) is 0.396. The van der Waals surface area contributed by atoms with E-state index in [1.54, 1.807) is 30.3 Å². The van der Waals surface area contributed by atoms with Crippen LogP contribution >= 0.6 is 0 Å². The summed E-state index contributed by atoms with van der Waals surface area (Å²) >= 11 is 0. The van der Waals surface area contributed by atoms with E-state index in [9.17, 15) is 22.4 Å². The van der Waals surface area contributed by atoms with E-state index in [1.165, 1.54) is 18.5 Å². The molecule has 168 valence electrons. The highest BCUT2D eigenvalue weighted by atomic mass is 19.4. The van der Waals surface area contributed by atoms with E-state index in [1.807, 2.05) is 0 Å². The molecule has 2 N–H and O–H groups in total. The van der Waals surface area contributed by atoms with Gasteiger partial charge in [0.1, 0.15) is 17.9 Å². The number of ether oxygens (including phenoxy) is 1. The standard InChI is InChI=1S/C23H15F4N3O3/c24-20-7-4-14(9-19(20)23(25,26)27)30-22(32)18-3-1-2-13-8-16(5-6-17(13)18)33-21-10-15(11-31)28-12-29-21/h1-10,12,31H,11H2,(H,30,32). The third kappa shape index (κ3) is 4.90. The van der Waals surface area contributed by atoms with Gasteiger partial charge in [0.15, 0.2) is 0 Å². The van der Waals surface area contributed by atoms with Gasteiger partial charge >= 0.3 is 6.18 Å². The third-order valence-corrected chi connectivity index (χ3v) is 4.71. The topological polar surface area (TPSA) is 84.3 Å². The maximum atomic E-state index is 13.5. The van der Waals surface area contributed by atoms with Gasteiger partial charge in [-0.2, -0.15) is 13.2 Å². The lowest BCUT2D eigenvalue weighted by atomic mass is 10.0. The van der Waals surface area contributed by atoms with Crippen molar-refractivity contribution in [3.05, 3.63) is 89.6 Å². The van der Waals surface area contributed by atoms with Crippen molar-refractivity contribution in [2.45, 2.75) is 12.8 Å². The Morgan fingerprint density at radius 1 is 1.03 bits per heavy atom. The molecular weight excluding hydrogens is 442 g/mol. The molecule has 0 saturated carbocycles. The molecule has 33 heavy (non-hydrogen) atoms. The van der Waals surface area contributed by atoms with E-state index >= 15 is 0 Å². The number of aromatic nitrogens is 2. The number of benzene rings is 3. The van der Waals surface area contributed by atoms with E-state index in [-0.39, 0.29) is 23.7 Å². The van der Waals surface area contributed by atoms with Gasteiger partial charge in [-0.1, -0.05) is 12.1 Å². The number of aliphatic hydroxyl groups is 1. The molecule has 0 radical (unpaired) electrons. The smallest absolute Gasteiger partial charge is 0.419 e. The second-order valence-electron chi connectivity index (χ2n) is 6.94. The second kappa shape index (κ2) is 8.83. The molecule has 4 aromatic rings. The molecule has 0 aliphatic rings. The van der Waals surface area contributed by atoms with E-state index in [0.717, 1.165) is 6.07 Å². The van der Waals surface area contributed by atoms with Crippen molar-refractivity contribution in [3.8, 4) is 11.6 Å². The number of nitrogens with one attached hydrogen (secondary N) is 1. The molecule has 1 aromatic heterocycles. The van der Waals surface area contributed by atoms with Crippen molar-refractivity contribution in [3.63, 3.8) is 0 Å². The van der Waals surface area contributed by atoms with Crippen LogP contribution in [0.15, 0.2) is 67.0 Å². The molecule has 0 atom stereocenters. The largest absolute Gasteiger partial charge is 0.439 e. The Labute approximate surface area is 184 Å². The number of carbonyl (C=O) groups excluding carboxylic acids is 1. The molecule has 3 aromatic carbocycles. The SMILES string of the molecule is O=C(Nc1ccc(F)c(C(F)(F)F)c1)c1cccc2cc(Oc3cc(CO)ncn3)ccc12. The zero-order valence-electron chi connectivity index (χ0n) is 16.7. The first-order valence-corrected chi connectivity index (χ1v) is 9.55. The number of halogens is 4. The summed E-state index contributed by atoms with van der Waals surface area (Å²) in [6, 6.07) is 13.5. The molecule has 0 spiro atoms. The van der Waals surface area contributed by atoms with Crippen molar-refractivity contribution < 1.29 is 32.2 Å². The molecule has 0 unspecified atom stereocenters. The summed E-state index contributed by atoms with van der Waals surface area (Å²) in [5, 5.41) is 12.7. The van der Waals surface area contributed by atoms with Crippen LogP contribution in [-0.4, -0.2) is 21.0 Å². The summed E-state index contributed by atoms with van der Waals surface area (Å²) in [6.07, 6.45) is -3.63. The first kappa shape index (κ1) is 22.2. The monoisotopic (exact) mass is 457 g/mol. The van der Waals surface area contributed by atoms with Crippen LogP contribution in [0.2, 0.25) is 0 Å². The van der Waals surface area contributed by atoms with E-state index in [4.69, 9.17) is 9.84 Å². The minimum absolute atomic E-state index is 0.186. The van der Waals surface area contributed by atoms with E-state index in [0.29, 0.717) is 34.3 Å². The van der Waals surface area contributed by atoms with Gasteiger partial charge in [-0.05, 0) is 53.2 Å². The van der Waals surface area contributed by atoms with Gasteiger partial charge in [0.05, 0.1) is 17.9 Å². The highest BCUT2D eigenvalue weighted by molar-refractivity contribution is 6.13. The van der Waals surface area contributed by atoms with Crippen LogP contribution in [0.5, 0.6) is 11.6 Å². The van der Waals surface area contributed by atoms with Crippen LogP contribution in [0, 0.1) is 5.82 Å². The number of anilines is 1. The predicted octanol–water partition coefficient (Wildman–Crippen LogP) is 5.32. The summed E-state index contributed by atoms with van der Waals surface area (Å²) < 4.78 is 58.0. The second-order valence-corrected chi connectivity index (χ2v) is 6.94. The molecule has 1 heterocycles. The van der Waals surface area contributed by atoms with Crippen molar-refractivity contribution in [2.75, 3.05) is 5.32 Å². The number of aliphatic hydroxyl groups excluding tert-OH is 1. The number of alkyl halides is 3. The molecular formula is C23H15F4N3O3. The van der Waals surface area contributed by atoms with E-state index < -0.39 is 23.5 Å². The van der Waals surface area contributed by atoms with Crippen LogP contribution in [0.25, 0.3) is 10.8 Å². The maximum Gasteiger partial charge on any atom is 0.419 e. The minimum atomic E-state index is -4.89. The Balaban J connectivity index is 1.60. The summed E-state index contributed by atoms with van der Waals surface area (Å²) in [5.41, 5.74) is -1.06. The van der Waals surface area contributed by atoms with Crippen LogP contribution in [0.1, 0.15) is 21.6 Å². The molecule has 4 rings (SSSR count). The zero-order valence-corrected chi connectivity index (χ0v) is 16.7. The van der Waals surface area contributed by atoms with Crippen LogP contribution in [-0.2, 0) is 12.8 Å². The first-order chi connectivity index (χ1) is 15.7. The highest BCUT2D eigenvalue weighted by Crippen LogP contribution is 2.33. The number of hydrogen-bond donors (Lipinski definition) is 2. The summed E-state index contributed by atoms with van der Waals surface area (Å²) in [7, 11) is 0. The summed E-state index contributed by atoms with van der Waals surface area (Å²) in [4.78, 5) is 20.6. The predicted molar refractivity (Wildman–Crippen MR) is 111 cm³/mol. The van der Waals surface area contributed by atoms with Crippen LogP contribution in [0.3, 0.4) is 0 Å². The average molecular weight is 457 g/mol. The lowest BCUT2D eigenvalue weighted by molar-refractivity contribution is -0.139. The molecule has 0 fully saturated rings. The Hall–Kier alpha value is -4.05. The fourth-order valence-corrected chi connectivity index (χ4v) is 3.18. The van der Waals surface area contributed by atoms with Gasteiger partial charge in [0.2, 0.25) is 5.88 Å². The fraction of sp³-hybridized carbons (Fsp3) is 0.0870. The van der Waals surface area contributed by atoms with Crippen LogP contribution in [0.4, 0.5) is 23.2 Å². The van der Waals surface area contributed by atoms with Gasteiger partial charge < -0.3 is 15.2 Å². The Morgan fingerprint density at radius 3 is 2.61 bits per heavy atom. The Bertz CT molecular complexity index is 1340. The Kier molecular flexibility index (Phi) is 5.93. The van der Waals surface area contributed by atoms with Crippen molar-refractivity contribution in [2.24, 2.45) is 0 Å². The van der Waals surface area contributed by atoms with Crippen molar-refractivity contribution >= 4 is 22.4 Å². The molecule has 1 amide bonds. The number of fused-ring (bicyclic) bond motifs is 1. The number of rotatable bonds is 5. The average Bonchev–Trinajstić information content (AvgIpc) is 2.79. The van der Waals surface area contributed by atoms with Crippen molar-refractivity contribution in [1.82, 2.24) is 9.97 Å². The molecule has 0 aliphatic heterocycles. The molecule has 0 saturated heterocycles. The van der Waals surface area contributed by atoms with Gasteiger partial charge in [-0.3, -0.25) is 4.79 Å². The normalized spacial score (nSPS) is 11.4. The zero-order chi connectivity index (χ0) is 23.6. The van der Waals surface area contributed by atoms with Crippen molar-refractivity contribution in [1.29, 1.82) is 0 Å². The molecule has 0 aliphatic carbocycles. The molecule has 6 nitrogen and oxygen atoms in total. The highest BCUT2D eigenvalue weighted by Gasteiger charge is 2.34. The molecule has 10 heteroatoms. The third-order valence-electron chi connectivity index (χ3n) is 4.71. The summed E-state index contributed by atoms with van der Waals surface area (Å²) in [6.45, 7) is -0.270. The lowest BCUT2D eigenvalue weighted by Crippen LogP contribution is -2.14. The van der Waals surface area contributed by atoms with E-state index in [2.05, 4.69) is 15.3 Å². The van der Waals surface area contributed by atoms with Gasteiger partial charge in [-0.25, -0.2) is 14.4 Å². The number of nitrogens with zero attached hydrogens (tertiary/aromatic N) is 2. The first-order valence-electron chi connectivity index (χ1n) is 9.55. The Morgan fingerprint density at radius 2 is 1.85 bits per heavy atom. The maximum absolute atomic E-state index is 13.5. The fourth-order valence-electron chi connectivity index (χ4n) is 3.18. The van der Waals surface area contributed by atoms with Crippen LogP contribution < -0.4 is 10.1 Å². The lowest BCUT2D eigenvalue weighted by Gasteiger charge is -2.12. The number of carbonyl (C=O) groups is 1.